The third-order valence-electron chi connectivity index (χ3n) is 4.06. The molecule has 1 saturated carbocycles. The molecule has 2 rings (SSSR count). The summed E-state index contributed by atoms with van der Waals surface area (Å²) in [5.41, 5.74) is 8.89. The van der Waals surface area contributed by atoms with Crippen LogP contribution in [0, 0.1) is 11.3 Å². The lowest BCUT2D eigenvalue weighted by molar-refractivity contribution is -0.118. The molecule has 27 heavy (non-hydrogen) atoms. The van der Waals surface area contributed by atoms with E-state index in [-0.39, 0.29) is 23.4 Å². The van der Waals surface area contributed by atoms with Crippen molar-refractivity contribution >= 4 is 28.7 Å². The minimum Gasteiger partial charge on any atom is -0.494 e. The number of nitrogens with one attached hydrogen (secondary N) is 2. The van der Waals surface area contributed by atoms with Crippen molar-refractivity contribution in [3.05, 3.63) is 54.3 Å². The molecule has 0 spiro atoms. The Hall–Kier alpha value is -3.15. The number of hydrogen-bond donors (Lipinski definition) is 3. The van der Waals surface area contributed by atoms with Crippen molar-refractivity contribution in [3.8, 4) is 5.75 Å². The number of allylic oxidation sites excluding steroid dienone is 4. The number of ether oxygens (including phenoxy) is 1. The van der Waals surface area contributed by atoms with Gasteiger partial charge in [0, 0.05) is 17.6 Å². The maximum atomic E-state index is 11.8. The van der Waals surface area contributed by atoms with Gasteiger partial charge in [-0.2, -0.15) is 4.99 Å². The van der Waals surface area contributed by atoms with Crippen molar-refractivity contribution < 1.29 is 9.53 Å². The standard InChI is InChI=1S/C21H26N4O2/c1-5-7-13(2)16-8-6-9-17(20(16)27-4)24-18(14(3)22)12-19(23)25-21(26)15-10-11-15/h5-9,12,15,22,24H,2,10-11H2,1,3-4H3,(H2,23,25,26)/b7-5-,18-12+,22-14?. The third-order valence-corrected chi connectivity index (χ3v) is 4.06. The summed E-state index contributed by atoms with van der Waals surface area (Å²) in [4.78, 5) is 15.7. The first kappa shape index (κ1) is 20.2. The fraction of sp³-hybridized carbons (Fsp3) is 0.286. The van der Waals surface area contributed by atoms with Crippen LogP contribution >= 0.6 is 0 Å². The molecule has 6 nitrogen and oxygen atoms in total. The van der Waals surface area contributed by atoms with Crippen LogP contribution in [0.25, 0.3) is 5.57 Å². The maximum Gasteiger partial charge on any atom is 0.250 e. The summed E-state index contributed by atoms with van der Waals surface area (Å²) in [5, 5.41) is 11.2. The number of rotatable bonds is 8. The number of nitrogens with zero attached hydrogens (tertiary/aromatic N) is 1. The van der Waals surface area contributed by atoms with Crippen molar-refractivity contribution in [3.63, 3.8) is 0 Å². The number of hydrogen-bond acceptors (Lipinski definition) is 4. The van der Waals surface area contributed by atoms with Gasteiger partial charge in [-0.3, -0.25) is 4.79 Å². The van der Waals surface area contributed by atoms with E-state index in [1.165, 1.54) is 6.08 Å². The fourth-order valence-corrected chi connectivity index (χ4v) is 2.51. The van der Waals surface area contributed by atoms with Gasteiger partial charge in [-0.15, -0.1) is 0 Å². The molecule has 0 atom stereocenters. The topological polar surface area (TPSA) is 101 Å². The van der Waals surface area contributed by atoms with E-state index in [4.69, 9.17) is 15.9 Å². The molecule has 1 fully saturated rings. The van der Waals surface area contributed by atoms with Crippen LogP contribution in [-0.2, 0) is 4.79 Å². The van der Waals surface area contributed by atoms with E-state index >= 15 is 0 Å². The average Bonchev–Trinajstić information content (AvgIpc) is 3.46. The number of aliphatic imine (C=N–C) groups is 1. The predicted molar refractivity (Wildman–Crippen MR) is 111 cm³/mol. The van der Waals surface area contributed by atoms with Crippen molar-refractivity contribution in [2.24, 2.45) is 16.6 Å². The number of amidine groups is 1. The quantitative estimate of drug-likeness (QED) is 0.369. The summed E-state index contributed by atoms with van der Waals surface area (Å²) in [6, 6.07) is 5.63. The Kier molecular flexibility index (Phi) is 6.71. The molecule has 1 aliphatic carbocycles. The van der Waals surface area contributed by atoms with Gasteiger partial charge < -0.3 is 21.2 Å². The summed E-state index contributed by atoms with van der Waals surface area (Å²) >= 11 is 0. The van der Waals surface area contributed by atoms with E-state index in [9.17, 15) is 4.79 Å². The van der Waals surface area contributed by atoms with Gasteiger partial charge in [0.15, 0.2) is 0 Å². The van der Waals surface area contributed by atoms with E-state index in [1.54, 1.807) is 14.0 Å². The number of carbonyl (C=O) groups is 1. The molecular weight excluding hydrogens is 340 g/mol. The van der Waals surface area contributed by atoms with E-state index < -0.39 is 0 Å². The number of anilines is 1. The zero-order chi connectivity index (χ0) is 20.0. The average molecular weight is 366 g/mol. The number of methoxy groups -OCH3 is 1. The highest BCUT2D eigenvalue weighted by atomic mass is 16.5. The van der Waals surface area contributed by atoms with Crippen molar-refractivity contribution in [1.29, 1.82) is 5.41 Å². The van der Waals surface area contributed by atoms with E-state index in [0.717, 1.165) is 24.0 Å². The maximum absolute atomic E-state index is 11.8. The number of nitrogens with two attached hydrogens (primary N) is 1. The molecular formula is C21H26N4O2. The Morgan fingerprint density at radius 3 is 2.70 bits per heavy atom. The molecule has 1 aliphatic rings. The van der Waals surface area contributed by atoms with Crippen LogP contribution in [-0.4, -0.2) is 24.6 Å². The molecule has 0 bridgehead atoms. The van der Waals surface area contributed by atoms with Gasteiger partial charge >= 0.3 is 0 Å². The third kappa shape index (κ3) is 5.41. The highest BCUT2D eigenvalue weighted by molar-refractivity contribution is 6.08. The van der Waals surface area contributed by atoms with Crippen LogP contribution < -0.4 is 15.8 Å². The van der Waals surface area contributed by atoms with Gasteiger partial charge in [-0.1, -0.05) is 30.9 Å². The molecule has 0 aromatic heterocycles. The predicted octanol–water partition coefficient (Wildman–Crippen LogP) is 3.91. The summed E-state index contributed by atoms with van der Waals surface area (Å²) < 4.78 is 5.56. The lowest BCUT2D eigenvalue weighted by Crippen LogP contribution is -2.17. The molecule has 0 unspecified atom stereocenters. The fourth-order valence-electron chi connectivity index (χ4n) is 2.51. The van der Waals surface area contributed by atoms with Crippen molar-refractivity contribution in [2.45, 2.75) is 26.7 Å². The minimum atomic E-state index is -0.201. The summed E-state index contributed by atoms with van der Waals surface area (Å²) in [6.07, 6.45) is 7.04. The number of para-hydroxylation sites is 1. The Bertz CT molecular complexity index is 846. The van der Waals surface area contributed by atoms with Gasteiger partial charge in [0.25, 0.3) is 5.91 Å². The molecule has 1 amide bonds. The molecule has 142 valence electrons. The van der Waals surface area contributed by atoms with Gasteiger partial charge in [0.1, 0.15) is 11.6 Å². The van der Waals surface area contributed by atoms with Gasteiger partial charge in [-0.25, -0.2) is 0 Å². The van der Waals surface area contributed by atoms with Gasteiger partial charge in [-0.05, 0) is 38.3 Å². The van der Waals surface area contributed by atoms with Crippen LogP contribution in [0.3, 0.4) is 0 Å². The molecule has 6 heteroatoms. The summed E-state index contributed by atoms with van der Waals surface area (Å²) in [7, 11) is 1.58. The lowest BCUT2D eigenvalue weighted by Gasteiger charge is -2.17. The van der Waals surface area contributed by atoms with Crippen molar-refractivity contribution in [2.75, 3.05) is 12.4 Å². The van der Waals surface area contributed by atoms with Crippen molar-refractivity contribution in [1.82, 2.24) is 0 Å². The lowest BCUT2D eigenvalue weighted by atomic mass is 10.0. The van der Waals surface area contributed by atoms with E-state index in [2.05, 4.69) is 16.9 Å². The second-order valence-electron chi connectivity index (χ2n) is 6.37. The van der Waals surface area contributed by atoms with Crippen LogP contribution in [0.1, 0.15) is 32.3 Å². The second kappa shape index (κ2) is 8.98. The number of amides is 1. The first-order chi connectivity index (χ1) is 12.9. The molecule has 0 aliphatic heterocycles. The van der Waals surface area contributed by atoms with E-state index in [1.807, 2.05) is 37.3 Å². The molecule has 4 N–H and O–H groups in total. The molecule has 0 heterocycles. The highest BCUT2D eigenvalue weighted by Gasteiger charge is 2.29. The van der Waals surface area contributed by atoms with Crippen LogP contribution in [0.5, 0.6) is 5.75 Å². The van der Waals surface area contributed by atoms with Crippen LogP contribution in [0.15, 0.2) is 53.7 Å². The Morgan fingerprint density at radius 1 is 1.44 bits per heavy atom. The van der Waals surface area contributed by atoms with Gasteiger partial charge in [0.2, 0.25) is 0 Å². The number of benzene rings is 1. The molecule has 1 aromatic rings. The Balaban J connectivity index is 2.34. The zero-order valence-corrected chi connectivity index (χ0v) is 16.0. The second-order valence-corrected chi connectivity index (χ2v) is 6.37. The minimum absolute atomic E-state index is 0.00356. The molecule has 1 aromatic carbocycles. The smallest absolute Gasteiger partial charge is 0.250 e. The Morgan fingerprint density at radius 2 is 2.15 bits per heavy atom. The highest BCUT2D eigenvalue weighted by Crippen LogP contribution is 2.34. The monoisotopic (exact) mass is 366 g/mol. The van der Waals surface area contributed by atoms with Crippen LogP contribution in [0.2, 0.25) is 0 Å². The first-order valence-electron chi connectivity index (χ1n) is 8.78. The Labute approximate surface area is 160 Å². The SMILES string of the molecule is C=C(/C=C\C)c1cccc(N/C(=C/C(N)=NC(=O)C2CC2)C(C)=N)c1OC. The van der Waals surface area contributed by atoms with Gasteiger partial charge in [0.05, 0.1) is 24.2 Å². The first-order valence-corrected chi connectivity index (χ1v) is 8.78. The summed E-state index contributed by atoms with van der Waals surface area (Å²) in [6.45, 7) is 7.60. The summed E-state index contributed by atoms with van der Waals surface area (Å²) in [5.74, 6) is 0.489. The van der Waals surface area contributed by atoms with E-state index in [0.29, 0.717) is 17.1 Å². The normalized spacial score (nSPS) is 14.9. The number of carbonyl (C=O) groups excluding carboxylic acids is 1. The zero-order valence-electron chi connectivity index (χ0n) is 16.0. The molecule has 0 radical (unpaired) electrons. The largest absolute Gasteiger partial charge is 0.494 e. The molecule has 0 saturated heterocycles. The van der Waals surface area contributed by atoms with Crippen LogP contribution in [0.4, 0.5) is 5.69 Å².